The predicted molar refractivity (Wildman–Crippen MR) is 86.2 cm³/mol. The Morgan fingerprint density at radius 2 is 1.86 bits per heavy atom. The van der Waals surface area contributed by atoms with Gasteiger partial charge in [-0.25, -0.2) is 4.39 Å². The summed E-state index contributed by atoms with van der Waals surface area (Å²) in [5.74, 6) is -0.0946. The minimum atomic E-state index is -0.640. The highest BCUT2D eigenvalue weighted by Gasteiger charge is 2.18. The van der Waals surface area contributed by atoms with Gasteiger partial charge in [0, 0.05) is 11.6 Å². The molecule has 0 aliphatic rings. The fourth-order valence-corrected chi connectivity index (χ4v) is 2.42. The summed E-state index contributed by atoms with van der Waals surface area (Å²) in [7, 11) is 0. The van der Waals surface area contributed by atoms with Crippen molar-refractivity contribution in [2.24, 2.45) is 5.92 Å². The van der Waals surface area contributed by atoms with Crippen LogP contribution < -0.4 is 5.32 Å². The third-order valence-corrected chi connectivity index (χ3v) is 3.77. The highest BCUT2D eigenvalue weighted by atomic mass is 35.5. The van der Waals surface area contributed by atoms with Crippen LogP contribution in [-0.4, -0.2) is 16.6 Å². The van der Waals surface area contributed by atoms with E-state index in [1.54, 1.807) is 30.3 Å². The standard InChI is InChI=1S/C17H20ClFN2O/c1-11(2)17(15-8-7-14(19)9-20-15)21-10-16(22)12-3-5-13(18)6-4-12/h3-9,11,16-17,21-22H,10H2,1-2H3. The molecule has 0 spiro atoms. The summed E-state index contributed by atoms with van der Waals surface area (Å²) in [6.45, 7) is 4.48. The van der Waals surface area contributed by atoms with Gasteiger partial charge in [0.1, 0.15) is 5.82 Å². The summed E-state index contributed by atoms with van der Waals surface area (Å²) in [5.41, 5.74) is 1.56. The fraction of sp³-hybridized carbons (Fsp3) is 0.353. The highest BCUT2D eigenvalue weighted by molar-refractivity contribution is 6.30. The van der Waals surface area contributed by atoms with Gasteiger partial charge in [0.2, 0.25) is 0 Å². The molecule has 5 heteroatoms. The van der Waals surface area contributed by atoms with E-state index >= 15 is 0 Å². The molecule has 0 saturated carbocycles. The van der Waals surface area contributed by atoms with E-state index in [1.807, 2.05) is 0 Å². The smallest absolute Gasteiger partial charge is 0.141 e. The molecule has 1 aromatic heterocycles. The lowest BCUT2D eigenvalue weighted by atomic mass is 9.99. The average Bonchev–Trinajstić information content (AvgIpc) is 2.49. The molecule has 2 rings (SSSR count). The molecule has 0 saturated heterocycles. The number of hydrogen-bond donors (Lipinski definition) is 2. The normalized spacial score (nSPS) is 14.1. The van der Waals surface area contributed by atoms with Crippen molar-refractivity contribution in [2.45, 2.75) is 26.0 Å². The van der Waals surface area contributed by atoms with E-state index < -0.39 is 6.10 Å². The van der Waals surface area contributed by atoms with Crippen LogP contribution in [-0.2, 0) is 0 Å². The quantitative estimate of drug-likeness (QED) is 0.848. The van der Waals surface area contributed by atoms with Crippen molar-refractivity contribution in [1.82, 2.24) is 10.3 Å². The number of nitrogens with zero attached hydrogens (tertiary/aromatic N) is 1. The molecular formula is C17H20ClFN2O. The summed E-state index contributed by atoms with van der Waals surface area (Å²) in [5, 5.41) is 14.2. The molecule has 0 amide bonds. The van der Waals surface area contributed by atoms with E-state index in [1.165, 1.54) is 12.3 Å². The lowest BCUT2D eigenvalue weighted by Crippen LogP contribution is -2.30. The first-order valence-electron chi connectivity index (χ1n) is 7.25. The molecule has 3 nitrogen and oxygen atoms in total. The molecule has 1 aromatic carbocycles. The lowest BCUT2D eigenvalue weighted by Gasteiger charge is -2.23. The van der Waals surface area contributed by atoms with Crippen molar-refractivity contribution in [2.75, 3.05) is 6.54 Å². The van der Waals surface area contributed by atoms with Crippen molar-refractivity contribution in [3.63, 3.8) is 0 Å². The van der Waals surface area contributed by atoms with Crippen LogP contribution in [0.1, 0.15) is 37.3 Å². The first-order valence-corrected chi connectivity index (χ1v) is 7.63. The molecule has 2 N–H and O–H groups in total. The number of rotatable bonds is 6. The van der Waals surface area contributed by atoms with E-state index in [4.69, 9.17) is 11.6 Å². The van der Waals surface area contributed by atoms with Crippen LogP contribution in [0.5, 0.6) is 0 Å². The second-order valence-electron chi connectivity index (χ2n) is 5.60. The van der Waals surface area contributed by atoms with Gasteiger partial charge >= 0.3 is 0 Å². The zero-order valence-corrected chi connectivity index (χ0v) is 13.4. The number of nitrogens with one attached hydrogen (secondary N) is 1. The van der Waals surface area contributed by atoms with Crippen LogP contribution >= 0.6 is 11.6 Å². The maximum atomic E-state index is 13.0. The van der Waals surface area contributed by atoms with Crippen molar-refractivity contribution in [3.8, 4) is 0 Å². The maximum absolute atomic E-state index is 13.0. The van der Waals surface area contributed by atoms with Crippen LogP contribution in [0.4, 0.5) is 4.39 Å². The number of halogens is 2. The largest absolute Gasteiger partial charge is 0.387 e. The van der Waals surface area contributed by atoms with Crippen LogP contribution in [0.25, 0.3) is 0 Å². The Balaban J connectivity index is 2.02. The first kappa shape index (κ1) is 16.9. The van der Waals surface area contributed by atoms with E-state index in [0.717, 1.165) is 11.3 Å². The highest BCUT2D eigenvalue weighted by Crippen LogP contribution is 2.22. The van der Waals surface area contributed by atoms with Gasteiger partial charge in [-0.3, -0.25) is 4.98 Å². The Hall–Kier alpha value is -1.49. The Bertz CT molecular complexity index is 587. The molecule has 1 heterocycles. The summed E-state index contributed by atoms with van der Waals surface area (Å²) in [4.78, 5) is 4.13. The minimum absolute atomic E-state index is 0.0532. The lowest BCUT2D eigenvalue weighted by molar-refractivity contribution is 0.165. The number of aromatic nitrogens is 1. The van der Waals surface area contributed by atoms with E-state index in [9.17, 15) is 9.50 Å². The van der Waals surface area contributed by atoms with Gasteiger partial charge in [-0.2, -0.15) is 0 Å². The Labute approximate surface area is 135 Å². The molecule has 2 unspecified atom stereocenters. The molecule has 2 atom stereocenters. The van der Waals surface area contributed by atoms with Crippen LogP contribution in [0, 0.1) is 11.7 Å². The van der Waals surface area contributed by atoms with Crippen LogP contribution in [0.15, 0.2) is 42.6 Å². The van der Waals surface area contributed by atoms with E-state index in [-0.39, 0.29) is 17.8 Å². The monoisotopic (exact) mass is 322 g/mol. The minimum Gasteiger partial charge on any atom is -0.387 e. The zero-order chi connectivity index (χ0) is 16.1. The molecule has 0 aliphatic carbocycles. The van der Waals surface area contributed by atoms with Gasteiger partial charge in [-0.15, -0.1) is 0 Å². The van der Waals surface area contributed by atoms with Crippen molar-refractivity contribution in [1.29, 1.82) is 0 Å². The fourth-order valence-electron chi connectivity index (χ4n) is 2.29. The summed E-state index contributed by atoms with van der Waals surface area (Å²) in [6, 6.07) is 10.1. The third-order valence-electron chi connectivity index (χ3n) is 3.52. The van der Waals surface area contributed by atoms with Crippen molar-refractivity contribution in [3.05, 3.63) is 64.7 Å². The van der Waals surface area contributed by atoms with Gasteiger partial charge in [-0.05, 0) is 35.7 Å². The van der Waals surface area contributed by atoms with Crippen molar-refractivity contribution >= 4 is 11.6 Å². The zero-order valence-electron chi connectivity index (χ0n) is 12.6. The molecule has 0 radical (unpaired) electrons. The van der Waals surface area contributed by atoms with E-state index in [0.29, 0.717) is 11.6 Å². The Morgan fingerprint density at radius 3 is 2.41 bits per heavy atom. The number of hydrogen-bond acceptors (Lipinski definition) is 3. The molecule has 2 aromatic rings. The van der Waals surface area contributed by atoms with Gasteiger partial charge in [0.15, 0.2) is 0 Å². The molecular weight excluding hydrogens is 303 g/mol. The first-order chi connectivity index (χ1) is 10.5. The van der Waals surface area contributed by atoms with Gasteiger partial charge in [0.05, 0.1) is 24.0 Å². The molecule has 0 fully saturated rings. The Morgan fingerprint density at radius 1 is 1.18 bits per heavy atom. The summed E-state index contributed by atoms with van der Waals surface area (Å²) in [6.07, 6.45) is 0.570. The Kier molecular flexibility index (Phi) is 5.89. The van der Waals surface area contributed by atoms with Gasteiger partial charge < -0.3 is 10.4 Å². The van der Waals surface area contributed by atoms with E-state index in [2.05, 4.69) is 24.1 Å². The SMILES string of the molecule is CC(C)C(NCC(O)c1ccc(Cl)cc1)c1ccc(F)cn1. The third kappa shape index (κ3) is 4.50. The van der Waals surface area contributed by atoms with Crippen LogP contribution in [0.3, 0.4) is 0 Å². The average molecular weight is 323 g/mol. The number of benzene rings is 1. The summed E-state index contributed by atoms with van der Waals surface area (Å²) < 4.78 is 13.0. The number of aliphatic hydroxyl groups excluding tert-OH is 1. The summed E-state index contributed by atoms with van der Waals surface area (Å²) >= 11 is 5.84. The molecule has 22 heavy (non-hydrogen) atoms. The molecule has 0 aliphatic heterocycles. The maximum Gasteiger partial charge on any atom is 0.141 e. The molecule has 118 valence electrons. The predicted octanol–water partition coefficient (Wildman–Crippen LogP) is 3.89. The van der Waals surface area contributed by atoms with Crippen LogP contribution in [0.2, 0.25) is 5.02 Å². The van der Waals surface area contributed by atoms with Gasteiger partial charge in [0.25, 0.3) is 0 Å². The second kappa shape index (κ2) is 7.68. The van der Waals surface area contributed by atoms with Crippen molar-refractivity contribution < 1.29 is 9.50 Å². The number of pyridine rings is 1. The van der Waals surface area contributed by atoms with Gasteiger partial charge in [-0.1, -0.05) is 37.6 Å². The number of aliphatic hydroxyl groups is 1. The topological polar surface area (TPSA) is 45.1 Å². The second-order valence-corrected chi connectivity index (χ2v) is 6.04. The molecule has 0 bridgehead atoms.